The maximum Gasteiger partial charge on any atom is 0.340 e. The van der Waals surface area contributed by atoms with Crippen LogP contribution in [0.4, 0.5) is 25.8 Å². The Labute approximate surface area is 128 Å². The molecule has 0 atom stereocenters. The van der Waals surface area contributed by atoms with Crippen LogP contribution in [0.3, 0.4) is 0 Å². The van der Waals surface area contributed by atoms with E-state index in [0.29, 0.717) is 0 Å². The molecular formula is C14H11BrF2N2O2. The molecule has 0 spiro atoms. The summed E-state index contributed by atoms with van der Waals surface area (Å²) in [6, 6.07) is 6.51. The number of nitrogens with one attached hydrogen (secondary N) is 1. The predicted molar refractivity (Wildman–Crippen MR) is 79.5 cm³/mol. The molecule has 0 fully saturated rings. The SMILES string of the molecule is COC(=O)c1cccc(N)c1Nc1cc(F)c(Br)cc1F. The molecule has 2 aromatic carbocycles. The van der Waals surface area contributed by atoms with E-state index in [9.17, 15) is 13.6 Å². The largest absolute Gasteiger partial charge is 0.465 e. The lowest BCUT2D eigenvalue weighted by molar-refractivity contribution is 0.0602. The van der Waals surface area contributed by atoms with Gasteiger partial charge >= 0.3 is 5.97 Å². The van der Waals surface area contributed by atoms with E-state index in [4.69, 9.17) is 5.73 Å². The zero-order chi connectivity index (χ0) is 15.6. The van der Waals surface area contributed by atoms with Crippen molar-refractivity contribution in [1.29, 1.82) is 0 Å². The van der Waals surface area contributed by atoms with E-state index in [1.807, 2.05) is 0 Å². The highest BCUT2D eigenvalue weighted by atomic mass is 79.9. The van der Waals surface area contributed by atoms with Crippen molar-refractivity contribution in [2.24, 2.45) is 0 Å². The minimum absolute atomic E-state index is 0.000208. The molecule has 110 valence electrons. The number of nitrogens with two attached hydrogens (primary N) is 1. The molecule has 0 saturated carbocycles. The maximum absolute atomic E-state index is 13.8. The van der Waals surface area contributed by atoms with Crippen molar-refractivity contribution in [3.05, 3.63) is 52.0 Å². The Hall–Kier alpha value is -2.15. The van der Waals surface area contributed by atoms with E-state index in [2.05, 4.69) is 26.0 Å². The van der Waals surface area contributed by atoms with Crippen LogP contribution in [0.2, 0.25) is 0 Å². The molecule has 0 radical (unpaired) electrons. The third-order valence-electron chi connectivity index (χ3n) is 2.77. The molecule has 0 amide bonds. The molecule has 2 aromatic rings. The Balaban J connectivity index is 2.49. The highest BCUT2D eigenvalue weighted by molar-refractivity contribution is 9.10. The van der Waals surface area contributed by atoms with Crippen molar-refractivity contribution in [1.82, 2.24) is 0 Å². The van der Waals surface area contributed by atoms with Gasteiger partial charge in [-0.1, -0.05) is 6.07 Å². The summed E-state index contributed by atoms with van der Waals surface area (Å²) in [5.41, 5.74) is 6.14. The number of anilines is 3. The molecule has 2 rings (SSSR count). The van der Waals surface area contributed by atoms with Gasteiger partial charge in [-0.25, -0.2) is 13.6 Å². The van der Waals surface area contributed by atoms with Crippen LogP contribution in [0.5, 0.6) is 0 Å². The quantitative estimate of drug-likeness (QED) is 0.498. The van der Waals surface area contributed by atoms with Gasteiger partial charge < -0.3 is 15.8 Å². The normalized spacial score (nSPS) is 10.3. The number of carbonyl (C=O) groups is 1. The number of para-hydroxylation sites is 1. The zero-order valence-electron chi connectivity index (χ0n) is 10.9. The fourth-order valence-electron chi connectivity index (χ4n) is 1.74. The third-order valence-corrected chi connectivity index (χ3v) is 3.38. The molecule has 0 saturated heterocycles. The number of rotatable bonds is 3. The first-order valence-corrected chi connectivity index (χ1v) is 6.61. The van der Waals surface area contributed by atoms with Gasteiger partial charge in [0, 0.05) is 6.07 Å². The van der Waals surface area contributed by atoms with E-state index in [1.165, 1.54) is 19.2 Å². The number of halogens is 3. The molecule has 0 aliphatic rings. The maximum atomic E-state index is 13.8. The lowest BCUT2D eigenvalue weighted by atomic mass is 10.1. The number of benzene rings is 2. The van der Waals surface area contributed by atoms with Gasteiger partial charge in [-0.2, -0.15) is 0 Å². The second-order valence-corrected chi connectivity index (χ2v) is 4.99. The summed E-state index contributed by atoms with van der Waals surface area (Å²) in [6.07, 6.45) is 0. The van der Waals surface area contributed by atoms with Crippen molar-refractivity contribution in [2.45, 2.75) is 0 Å². The monoisotopic (exact) mass is 356 g/mol. The van der Waals surface area contributed by atoms with Crippen LogP contribution >= 0.6 is 15.9 Å². The van der Waals surface area contributed by atoms with Gasteiger partial charge in [0.25, 0.3) is 0 Å². The fraction of sp³-hybridized carbons (Fsp3) is 0.0714. The Bertz CT molecular complexity index is 708. The summed E-state index contributed by atoms with van der Waals surface area (Å²) in [7, 11) is 1.22. The number of carbonyl (C=O) groups excluding carboxylic acids is 1. The van der Waals surface area contributed by atoms with Crippen molar-refractivity contribution >= 4 is 39.0 Å². The highest BCUT2D eigenvalue weighted by Gasteiger charge is 2.16. The number of nitrogen functional groups attached to an aromatic ring is 1. The third kappa shape index (κ3) is 3.13. The van der Waals surface area contributed by atoms with Gasteiger partial charge in [0.2, 0.25) is 0 Å². The van der Waals surface area contributed by atoms with E-state index in [-0.39, 0.29) is 27.1 Å². The first-order valence-electron chi connectivity index (χ1n) is 5.82. The van der Waals surface area contributed by atoms with Crippen LogP contribution in [0.1, 0.15) is 10.4 Å². The van der Waals surface area contributed by atoms with Crippen LogP contribution in [0, 0.1) is 11.6 Å². The first-order chi connectivity index (χ1) is 9.93. The average Bonchev–Trinajstić information content (AvgIpc) is 2.45. The Morgan fingerprint density at radius 2 is 2.00 bits per heavy atom. The highest BCUT2D eigenvalue weighted by Crippen LogP contribution is 2.31. The molecule has 21 heavy (non-hydrogen) atoms. The molecule has 3 N–H and O–H groups in total. The summed E-state index contributed by atoms with van der Waals surface area (Å²) < 4.78 is 32.0. The molecular weight excluding hydrogens is 346 g/mol. The van der Waals surface area contributed by atoms with E-state index in [1.54, 1.807) is 6.07 Å². The molecule has 0 heterocycles. The van der Waals surface area contributed by atoms with E-state index in [0.717, 1.165) is 12.1 Å². The second kappa shape index (κ2) is 6.09. The number of ether oxygens (including phenoxy) is 1. The summed E-state index contributed by atoms with van der Waals surface area (Å²) in [6.45, 7) is 0. The number of hydrogen-bond donors (Lipinski definition) is 2. The molecule has 0 aliphatic carbocycles. The van der Waals surface area contributed by atoms with Gasteiger partial charge in [0.15, 0.2) is 0 Å². The van der Waals surface area contributed by atoms with Crippen LogP contribution in [0.15, 0.2) is 34.8 Å². The molecule has 7 heteroatoms. The Morgan fingerprint density at radius 1 is 1.29 bits per heavy atom. The lowest BCUT2D eigenvalue weighted by Gasteiger charge is -2.14. The summed E-state index contributed by atoms with van der Waals surface area (Å²) in [5, 5.41) is 2.63. The molecule has 0 aliphatic heterocycles. The zero-order valence-corrected chi connectivity index (χ0v) is 12.5. The Kier molecular flexibility index (Phi) is 4.42. The first kappa shape index (κ1) is 15.2. The van der Waals surface area contributed by atoms with E-state index >= 15 is 0 Å². The van der Waals surface area contributed by atoms with E-state index < -0.39 is 17.6 Å². The minimum Gasteiger partial charge on any atom is -0.465 e. The van der Waals surface area contributed by atoms with Crippen LogP contribution in [-0.4, -0.2) is 13.1 Å². The molecule has 0 unspecified atom stereocenters. The summed E-state index contributed by atoms with van der Waals surface area (Å²) in [5.74, 6) is -1.97. The van der Waals surface area contributed by atoms with Gasteiger partial charge in [-0.05, 0) is 34.1 Å². The van der Waals surface area contributed by atoms with Crippen molar-refractivity contribution in [3.63, 3.8) is 0 Å². The number of esters is 1. The van der Waals surface area contributed by atoms with Crippen LogP contribution in [-0.2, 0) is 4.74 Å². The minimum atomic E-state index is -0.692. The number of hydrogen-bond acceptors (Lipinski definition) is 4. The molecule has 0 aromatic heterocycles. The second-order valence-electron chi connectivity index (χ2n) is 4.13. The topological polar surface area (TPSA) is 64.3 Å². The summed E-state index contributed by atoms with van der Waals surface area (Å²) >= 11 is 2.89. The smallest absolute Gasteiger partial charge is 0.340 e. The van der Waals surface area contributed by atoms with Gasteiger partial charge in [0.1, 0.15) is 11.6 Å². The van der Waals surface area contributed by atoms with Crippen LogP contribution in [0.25, 0.3) is 0 Å². The van der Waals surface area contributed by atoms with Gasteiger partial charge in [0.05, 0.1) is 34.2 Å². The van der Waals surface area contributed by atoms with Gasteiger partial charge in [-0.15, -0.1) is 0 Å². The Morgan fingerprint density at radius 3 is 2.67 bits per heavy atom. The standard InChI is InChI=1S/C14H11BrF2N2O2/c1-21-14(20)7-3-2-4-11(18)13(7)19-12-6-9(16)8(15)5-10(12)17/h2-6,19H,18H2,1H3. The van der Waals surface area contributed by atoms with Crippen molar-refractivity contribution in [2.75, 3.05) is 18.2 Å². The average molecular weight is 357 g/mol. The van der Waals surface area contributed by atoms with Crippen molar-refractivity contribution in [3.8, 4) is 0 Å². The predicted octanol–water partition coefficient (Wildman–Crippen LogP) is 3.84. The summed E-state index contributed by atoms with van der Waals surface area (Å²) in [4.78, 5) is 11.7. The fourth-order valence-corrected chi connectivity index (χ4v) is 2.06. The lowest BCUT2D eigenvalue weighted by Crippen LogP contribution is -2.08. The number of methoxy groups -OCH3 is 1. The molecule has 0 bridgehead atoms. The molecule has 4 nitrogen and oxygen atoms in total. The van der Waals surface area contributed by atoms with Gasteiger partial charge in [-0.3, -0.25) is 0 Å². The van der Waals surface area contributed by atoms with Crippen LogP contribution < -0.4 is 11.1 Å². The van der Waals surface area contributed by atoms with Crippen molar-refractivity contribution < 1.29 is 18.3 Å².